The van der Waals surface area contributed by atoms with Crippen LogP contribution in [0.3, 0.4) is 0 Å². The first-order chi connectivity index (χ1) is 16.0. The average Bonchev–Trinajstić information content (AvgIpc) is 3.06. The van der Waals surface area contributed by atoms with E-state index in [1.54, 1.807) is 30.3 Å². The van der Waals surface area contributed by atoms with Crippen molar-refractivity contribution in [1.82, 2.24) is 15.8 Å². The van der Waals surface area contributed by atoms with Gasteiger partial charge in [0.05, 0.1) is 0 Å². The lowest BCUT2D eigenvalue weighted by molar-refractivity contribution is -0.122. The van der Waals surface area contributed by atoms with Crippen LogP contribution in [0.15, 0.2) is 76.0 Å². The Kier molecular flexibility index (Phi) is 6.14. The number of sulfonamides is 1. The summed E-state index contributed by atoms with van der Waals surface area (Å²) >= 11 is 0. The molecule has 2 N–H and O–H groups in total. The molecular formula is C25H26N4O4S. The summed E-state index contributed by atoms with van der Waals surface area (Å²) < 4.78 is 29.2. The highest BCUT2D eigenvalue weighted by atomic mass is 32.2. The fraction of sp³-hybridized carbons (Fsp3) is 0.240. The minimum atomic E-state index is -3.91. The number of nitrogens with one attached hydrogen (secondary N) is 2. The standard InChI is InChI=1S/C25H26N4O4S/c1-25(2,3)26-22(30)15-16-29(23-20-12-6-7-14-21(20)34(32,33)28-23)27-24(31)19-13-8-10-17-9-4-5-11-18(17)19/h4-14H,15-16H2,1-3H3,(H,26,30)(H,27,31). The molecule has 1 aliphatic heterocycles. The van der Waals surface area contributed by atoms with Crippen LogP contribution >= 0.6 is 0 Å². The number of fused-ring (bicyclic) bond motifs is 2. The summed E-state index contributed by atoms with van der Waals surface area (Å²) in [5, 5.41) is 5.88. The van der Waals surface area contributed by atoms with Gasteiger partial charge in [0.1, 0.15) is 4.90 Å². The van der Waals surface area contributed by atoms with E-state index in [2.05, 4.69) is 15.1 Å². The third-order valence-electron chi connectivity index (χ3n) is 5.22. The zero-order valence-electron chi connectivity index (χ0n) is 19.2. The molecule has 0 spiro atoms. The number of nitrogens with zero attached hydrogens (tertiary/aromatic N) is 2. The van der Waals surface area contributed by atoms with E-state index < -0.39 is 21.5 Å². The van der Waals surface area contributed by atoms with Crippen molar-refractivity contribution >= 4 is 38.4 Å². The summed E-state index contributed by atoms with van der Waals surface area (Å²) in [4.78, 5) is 25.9. The van der Waals surface area contributed by atoms with Crippen molar-refractivity contribution in [3.8, 4) is 0 Å². The van der Waals surface area contributed by atoms with Crippen LogP contribution in [-0.4, -0.2) is 43.2 Å². The van der Waals surface area contributed by atoms with Crippen LogP contribution in [0.4, 0.5) is 0 Å². The van der Waals surface area contributed by atoms with Gasteiger partial charge in [-0.2, -0.15) is 8.42 Å². The van der Waals surface area contributed by atoms with Crippen LogP contribution in [0.5, 0.6) is 0 Å². The molecule has 3 aromatic rings. The van der Waals surface area contributed by atoms with Gasteiger partial charge in [-0.05, 0) is 49.7 Å². The molecule has 1 aliphatic rings. The van der Waals surface area contributed by atoms with Crippen LogP contribution in [0, 0.1) is 0 Å². The summed E-state index contributed by atoms with van der Waals surface area (Å²) in [5.41, 5.74) is 3.16. The van der Waals surface area contributed by atoms with Crippen LogP contribution in [0.2, 0.25) is 0 Å². The molecule has 0 aliphatic carbocycles. The van der Waals surface area contributed by atoms with Crippen LogP contribution in [-0.2, 0) is 14.8 Å². The van der Waals surface area contributed by atoms with E-state index in [-0.39, 0.29) is 29.6 Å². The van der Waals surface area contributed by atoms with Gasteiger partial charge in [0.25, 0.3) is 15.9 Å². The summed E-state index contributed by atoms with van der Waals surface area (Å²) in [7, 11) is -3.91. The van der Waals surface area contributed by atoms with Gasteiger partial charge in [-0.1, -0.05) is 48.5 Å². The highest BCUT2D eigenvalue weighted by Gasteiger charge is 2.33. The molecule has 8 nitrogen and oxygen atoms in total. The summed E-state index contributed by atoms with van der Waals surface area (Å²) in [6, 6.07) is 19.3. The van der Waals surface area contributed by atoms with Gasteiger partial charge < -0.3 is 5.32 Å². The van der Waals surface area contributed by atoms with Crippen molar-refractivity contribution in [3.05, 3.63) is 77.9 Å². The number of hydrazine groups is 1. The van der Waals surface area contributed by atoms with Gasteiger partial charge in [-0.15, -0.1) is 4.40 Å². The molecular weight excluding hydrogens is 452 g/mol. The van der Waals surface area contributed by atoms with Crippen molar-refractivity contribution in [1.29, 1.82) is 0 Å². The minimum Gasteiger partial charge on any atom is -0.351 e. The SMILES string of the molecule is CC(C)(C)NC(=O)CCN(NC(=O)c1cccc2ccccc12)C1=NS(=O)(=O)c2ccccc21. The molecule has 0 radical (unpaired) electrons. The molecule has 0 saturated heterocycles. The highest BCUT2D eigenvalue weighted by molar-refractivity contribution is 7.90. The number of rotatable bonds is 4. The quantitative estimate of drug-likeness (QED) is 0.560. The maximum atomic E-state index is 13.3. The first kappa shape index (κ1) is 23.4. The molecule has 9 heteroatoms. The van der Waals surface area contributed by atoms with E-state index in [0.717, 1.165) is 10.8 Å². The molecule has 0 saturated carbocycles. The normalized spacial score (nSPS) is 14.3. The summed E-state index contributed by atoms with van der Waals surface area (Å²) in [5.74, 6) is -0.586. The number of hydrogen-bond donors (Lipinski definition) is 2. The zero-order valence-corrected chi connectivity index (χ0v) is 20.0. The van der Waals surface area contributed by atoms with Crippen molar-refractivity contribution in [2.24, 2.45) is 4.40 Å². The van der Waals surface area contributed by atoms with E-state index in [1.165, 1.54) is 11.1 Å². The first-order valence-corrected chi connectivity index (χ1v) is 12.3. The second-order valence-corrected chi connectivity index (χ2v) is 10.6. The predicted molar refractivity (Wildman–Crippen MR) is 131 cm³/mol. The zero-order chi connectivity index (χ0) is 24.5. The molecule has 1 heterocycles. The molecule has 176 valence electrons. The maximum absolute atomic E-state index is 13.3. The molecule has 0 bridgehead atoms. The Labute approximate surface area is 198 Å². The molecule has 0 atom stereocenters. The smallest absolute Gasteiger partial charge is 0.285 e. The number of carbonyl (C=O) groups excluding carboxylic acids is 2. The predicted octanol–water partition coefficient (Wildman–Crippen LogP) is 3.24. The second-order valence-electron chi connectivity index (χ2n) is 9.05. The van der Waals surface area contributed by atoms with Crippen LogP contribution in [0.1, 0.15) is 43.1 Å². The van der Waals surface area contributed by atoms with Gasteiger partial charge in [0, 0.05) is 29.6 Å². The Hall–Kier alpha value is -3.72. The lowest BCUT2D eigenvalue weighted by Gasteiger charge is -2.26. The average molecular weight is 479 g/mol. The number of carbonyl (C=O) groups is 2. The van der Waals surface area contributed by atoms with Gasteiger partial charge in [-0.3, -0.25) is 20.0 Å². The van der Waals surface area contributed by atoms with E-state index >= 15 is 0 Å². The van der Waals surface area contributed by atoms with Crippen molar-refractivity contribution in [3.63, 3.8) is 0 Å². The molecule has 3 aromatic carbocycles. The number of amides is 2. The Morgan fingerprint density at radius 2 is 1.62 bits per heavy atom. The molecule has 34 heavy (non-hydrogen) atoms. The molecule has 0 aromatic heterocycles. The monoisotopic (exact) mass is 478 g/mol. The Morgan fingerprint density at radius 1 is 0.941 bits per heavy atom. The molecule has 0 unspecified atom stereocenters. The lowest BCUT2D eigenvalue weighted by Crippen LogP contribution is -2.49. The Morgan fingerprint density at radius 3 is 2.38 bits per heavy atom. The molecule has 0 fully saturated rings. The Balaban J connectivity index is 1.67. The summed E-state index contributed by atoms with van der Waals surface area (Å²) in [6.45, 7) is 5.64. The van der Waals surface area contributed by atoms with E-state index in [1.807, 2.05) is 51.1 Å². The third-order valence-corrected chi connectivity index (χ3v) is 6.54. The second kappa shape index (κ2) is 8.90. The number of hydrogen-bond acceptors (Lipinski definition) is 5. The number of benzene rings is 3. The maximum Gasteiger partial charge on any atom is 0.285 e. The van der Waals surface area contributed by atoms with Gasteiger partial charge in [-0.25, -0.2) is 0 Å². The molecule has 4 rings (SSSR count). The van der Waals surface area contributed by atoms with Gasteiger partial charge >= 0.3 is 0 Å². The van der Waals surface area contributed by atoms with Crippen molar-refractivity contribution < 1.29 is 18.0 Å². The fourth-order valence-corrected chi connectivity index (χ4v) is 5.01. The van der Waals surface area contributed by atoms with E-state index in [0.29, 0.717) is 11.1 Å². The van der Waals surface area contributed by atoms with Crippen LogP contribution < -0.4 is 10.7 Å². The van der Waals surface area contributed by atoms with Gasteiger partial charge in [0.2, 0.25) is 5.91 Å². The van der Waals surface area contributed by atoms with E-state index in [4.69, 9.17) is 0 Å². The Bertz CT molecular complexity index is 1400. The minimum absolute atomic E-state index is 0.0221. The van der Waals surface area contributed by atoms with Crippen molar-refractivity contribution in [2.75, 3.05) is 6.54 Å². The fourth-order valence-electron chi connectivity index (χ4n) is 3.80. The van der Waals surface area contributed by atoms with Crippen molar-refractivity contribution in [2.45, 2.75) is 37.6 Å². The highest BCUT2D eigenvalue weighted by Crippen LogP contribution is 2.27. The lowest BCUT2D eigenvalue weighted by atomic mass is 10.0. The van der Waals surface area contributed by atoms with E-state index in [9.17, 15) is 18.0 Å². The third kappa shape index (κ3) is 4.94. The summed E-state index contributed by atoms with van der Waals surface area (Å²) in [6.07, 6.45) is 0.0221. The topological polar surface area (TPSA) is 108 Å². The number of amidine groups is 1. The van der Waals surface area contributed by atoms with Crippen LogP contribution in [0.25, 0.3) is 10.8 Å². The first-order valence-electron chi connectivity index (χ1n) is 10.9. The van der Waals surface area contributed by atoms with Gasteiger partial charge in [0.15, 0.2) is 5.84 Å². The molecule has 2 amide bonds. The largest absolute Gasteiger partial charge is 0.351 e.